The number of carbonyl (C=O) groups is 2. The highest BCUT2D eigenvalue weighted by Gasteiger charge is 2.39. The van der Waals surface area contributed by atoms with Crippen LogP contribution in [0.1, 0.15) is 33.1 Å². The summed E-state index contributed by atoms with van der Waals surface area (Å²) in [5.74, 6) is -2.05. The number of aliphatic hydroxyl groups is 1. The van der Waals surface area contributed by atoms with E-state index in [1.165, 1.54) is 4.90 Å². The van der Waals surface area contributed by atoms with Crippen molar-refractivity contribution in [1.29, 1.82) is 0 Å². The van der Waals surface area contributed by atoms with Crippen molar-refractivity contribution >= 4 is 11.9 Å². The van der Waals surface area contributed by atoms with E-state index in [0.29, 0.717) is 12.8 Å². The van der Waals surface area contributed by atoms with Crippen LogP contribution in [0, 0.1) is 11.8 Å². The second kappa shape index (κ2) is 5.04. The summed E-state index contributed by atoms with van der Waals surface area (Å²) < 4.78 is 0. The molecule has 17 heavy (non-hydrogen) atoms. The highest BCUT2D eigenvalue weighted by atomic mass is 16.4. The fraction of sp³-hybridized carbons (Fsp3) is 0.833. The Morgan fingerprint density at radius 3 is 2.29 bits per heavy atom. The minimum Gasteiger partial charge on any atom is -0.481 e. The molecule has 2 N–H and O–H groups in total. The molecule has 0 aromatic carbocycles. The summed E-state index contributed by atoms with van der Waals surface area (Å²) in [6, 6.07) is 0. The molecule has 0 aromatic heterocycles. The second-order valence-electron chi connectivity index (χ2n) is 5.49. The van der Waals surface area contributed by atoms with Gasteiger partial charge in [-0.1, -0.05) is 6.42 Å². The molecule has 1 aliphatic carbocycles. The maximum absolute atomic E-state index is 12.1. The first kappa shape index (κ1) is 14.0. The number of nitrogens with zero attached hydrogens (tertiary/aromatic N) is 1. The van der Waals surface area contributed by atoms with Gasteiger partial charge >= 0.3 is 5.97 Å². The molecule has 1 saturated carbocycles. The van der Waals surface area contributed by atoms with Crippen LogP contribution in [0.25, 0.3) is 0 Å². The van der Waals surface area contributed by atoms with E-state index in [1.807, 2.05) is 0 Å². The Morgan fingerprint density at radius 1 is 1.29 bits per heavy atom. The van der Waals surface area contributed by atoms with Gasteiger partial charge in [-0.25, -0.2) is 0 Å². The van der Waals surface area contributed by atoms with Crippen LogP contribution < -0.4 is 0 Å². The van der Waals surface area contributed by atoms with Crippen molar-refractivity contribution < 1.29 is 19.8 Å². The molecular formula is C12H21NO4. The van der Waals surface area contributed by atoms with Crippen LogP contribution in [0.3, 0.4) is 0 Å². The number of rotatable bonds is 4. The SMILES string of the molecule is CN(CC(C)(C)O)C(=O)[C@@H]1CCC[C@@H]1C(=O)O. The van der Waals surface area contributed by atoms with Crippen LogP contribution in [-0.2, 0) is 9.59 Å². The number of carboxylic acid groups (broad SMARTS) is 1. The van der Waals surface area contributed by atoms with Gasteiger partial charge in [0.05, 0.1) is 17.4 Å². The highest BCUT2D eigenvalue weighted by Crippen LogP contribution is 2.33. The third-order valence-corrected chi connectivity index (χ3v) is 3.15. The molecule has 2 atom stereocenters. The minimum absolute atomic E-state index is 0.169. The van der Waals surface area contributed by atoms with E-state index < -0.39 is 23.4 Å². The summed E-state index contributed by atoms with van der Waals surface area (Å²) in [5.41, 5.74) is -0.957. The van der Waals surface area contributed by atoms with Crippen molar-refractivity contribution in [2.75, 3.05) is 13.6 Å². The molecule has 1 rings (SSSR count). The molecule has 0 aliphatic heterocycles. The summed E-state index contributed by atoms with van der Waals surface area (Å²) in [4.78, 5) is 24.5. The number of hydrogen-bond acceptors (Lipinski definition) is 3. The summed E-state index contributed by atoms with van der Waals surface area (Å²) in [6.07, 6.45) is 1.98. The van der Waals surface area contributed by atoms with Crippen LogP contribution in [0.5, 0.6) is 0 Å². The molecule has 0 aromatic rings. The van der Waals surface area contributed by atoms with Crippen LogP contribution in [0.4, 0.5) is 0 Å². The second-order valence-corrected chi connectivity index (χ2v) is 5.49. The van der Waals surface area contributed by atoms with Crippen molar-refractivity contribution in [1.82, 2.24) is 4.90 Å². The average Bonchev–Trinajstić information content (AvgIpc) is 2.61. The van der Waals surface area contributed by atoms with Gasteiger partial charge in [-0.15, -0.1) is 0 Å². The molecule has 5 heteroatoms. The first-order chi connectivity index (χ1) is 7.72. The normalized spacial score (nSPS) is 24.7. The van der Waals surface area contributed by atoms with Gasteiger partial charge in [-0.2, -0.15) is 0 Å². The first-order valence-corrected chi connectivity index (χ1v) is 5.92. The fourth-order valence-electron chi connectivity index (χ4n) is 2.49. The van der Waals surface area contributed by atoms with Gasteiger partial charge < -0.3 is 15.1 Å². The predicted octanol–water partition coefficient (Wildman–Crippen LogP) is 0.717. The lowest BCUT2D eigenvalue weighted by atomic mass is 9.94. The number of amides is 1. The summed E-state index contributed by atoms with van der Waals surface area (Å²) in [6.45, 7) is 3.47. The molecule has 0 radical (unpaired) electrons. The quantitative estimate of drug-likeness (QED) is 0.762. The van der Waals surface area contributed by atoms with E-state index in [9.17, 15) is 14.7 Å². The van der Waals surface area contributed by atoms with E-state index >= 15 is 0 Å². The number of carboxylic acids is 1. The van der Waals surface area contributed by atoms with Gasteiger partial charge in [0.15, 0.2) is 0 Å². The molecule has 0 heterocycles. The lowest BCUT2D eigenvalue weighted by molar-refractivity contribution is -0.149. The maximum atomic E-state index is 12.1. The van der Waals surface area contributed by atoms with Crippen molar-refractivity contribution in [3.05, 3.63) is 0 Å². The zero-order valence-electron chi connectivity index (χ0n) is 10.6. The van der Waals surface area contributed by atoms with Crippen LogP contribution in [0.15, 0.2) is 0 Å². The lowest BCUT2D eigenvalue weighted by Crippen LogP contribution is -2.43. The molecule has 0 unspecified atom stereocenters. The minimum atomic E-state index is -0.957. The van der Waals surface area contributed by atoms with Gasteiger partial charge in [0.1, 0.15) is 0 Å². The number of hydrogen-bond donors (Lipinski definition) is 2. The number of carbonyl (C=O) groups excluding carboxylic acids is 1. The lowest BCUT2D eigenvalue weighted by Gasteiger charge is -2.28. The monoisotopic (exact) mass is 243 g/mol. The predicted molar refractivity (Wildman–Crippen MR) is 62.4 cm³/mol. The fourth-order valence-corrected chi connectivity index (χ4v) is 2.49. The van der Waals surface area contributed by atoms with Gasteiger partial charge in [0.25, 0.3) is 0 Å². The molecule has 0 saturated heterocycles. The van der Waals surface area contributed by atoms with E-state index in [0.717, 1.165) is 6.42 Å². The molecular weight excluding hydrogens is 222 g/mol. The summed E-state index contributed by atoms with van der Waals surface area (Å²) in [7, 11) is 1.61. The molecule has 0 bridgehead atoms. The van der Waals surface area contributed by atoms with Crippen molar-refractivity contribution in [2.45, 2.75) is 38.7 Å². The Bertz CT molecular complexity index is 308. The largest absolute Gasteiger partial charge is 0.481 e. The number of aliphatic carboxylic acids is 1. The van der Waals surface area contributed by atoms with Crippen LogP contribution in [0.2, 0.25) is 0 Å². The zero-order chi connectivity index (χ0) is 13.2. The average molecular weight is 243 g/mol. The molecule has 5 nitrogen and oxygen atoms in total. The highest BCUT2D eigenvalue weighted by molar-refractivity contribution is 5.85. The van der Waals surface area contributed by atoms with Crippen molar-refractivity contribution in [2.24, 2.45) is 11.8 Å². The topological polar surface area (TPSA) is 77.8 Å². The molecule has 1 aliphatic rings. The standard InChI is InChI=1S/C12H21NO4/c1-12(2,17)7-13(3)10(14)8-5-4-6-9(8)11(15)16/h8-9,17H,4-7H2,1-3H3,(H,15,16)/t8-,9+/m1/s1. The van der Waals surface area contributed by atoms with Crippen molar-refractivity contribution in [3.8, 4) is 0 Å². The smallest absolute Gasteiger partial charge is 0.307 e. The Balaban J connectivity index is 2.66. The Hall–Kier alpha value is -1.10. The third-order valence-electron chi connectivity index (χ3n) is 3.15. The van der Waals surface area contributed by atoms with Gasteiger partial charge in [0.2, 0.25) is 5.91 Å². The van der Waals surface area contributed by atoms with E-state index in [2.05, 4.69) is 0 Å². The Kier molecular flexibility index (Phi) is 4.14. The third kappa shape index (κ3) is 3.70. The summed E-state index contributed by atoms with van der Waals surface area (Å²) in [5, 5.41) is 18.7. The van der Waals surface area contributed by atoms with E-state index in [-0.39, 0.29) is 12.5 Å². The first-order valence-electron chi connectivity index (χ1n) is 5.92. The number of likely N-dealkylation sites (N-methyl/N-ethyl adjacent to an activating group) is 1. The Morgan fingerprint density at radius 2 is 1.82 bits per heavy atom. The van der Waals surface area contributed by atoms with Crippen molar-refractivity contribution in [3.63, 3.8) is 0 Å². The summed E-state index contributed by atoms with van der Waals surface area (Å²) >= 11 is 0. The zero-order valence-corrected chi connectivity index (χ0v) is 10.6. The maximum Gasteiger partial charge on any atom is 0.307 e. The molecule has 1 fully saturated rings. The van der Waals surface area contributed by atoms with Crippen LogP contribution in [-0.4, -0.2) is 46.2 Å². The van der Waals surface area contributed by atoms with E-state index in [4.69, 9.17) is 5.11 Å². The van der Waals surface area contributed by atoms with Gasteiger partial charge in [-0.05, 0) is 26.7 Å². The molecule has 98 valence electrons. The van der Waals surface area contributed by atoms with Gasteiger partial charge in [0, 0.05) is 13.6 Å². The van der Waals surface area contributed by atoms with E-state index in [1.54, 1.807) is 20.9 Å². The molecule has 1 amide bonds. The Labute approximate surface area is 101 Å². The van der Waals surface area contributed by atoms with Gasteiger partial charge in [-0.3, -0.25) is 9.59 Å². The molecule has 0 spiro atoms. The van der Waals surface area contributed by atoms with Crippen LogP contribution >= 0.6 is 0 Å².